The van der Waals surface area contributed by atoms with E-state index in [2.05, 4.69) is 5.32 Å². The number of rotatable bonds is 3. The number of amides is 3. The highest BCUT2D eigenvalue weighted by atomic mass is 35.5. The summed E-state index contributed by atoms with van der Waals surface area (Å²) in [7, 11) is 0. The highest BCUT2D eigenvalue weighted by Crippen LogP contribution is 2.33. The van der Waals surface area contributed by atoms with E-state index in [1.807, 2.05) is 30.3 Å². The molecule has 0 aromatic heterocycles. The summed E-state index contributed by atoms with van der Waals surface area (Å²) < 4.78 is 0. The van der Waals surface area contributed by atoms with Gasteiger partial charge in [0.25, 0.3) is 5.91 Å². The number of nitrogens with zero attached hydrogens (tertiary/aromatic N) is 1. The molecule has 0 aliphatic carbocycles. The van der Waals surface area contributed by atoms with Crippen LogP contribution in [-0.2, 0) is 11.2 Å². The average molecular weight is 330 g/mol. The number of anilines is 2. The van der Waals surface area contributed by atoms with Crippen molar-refractivity contribution in [3.63, 3.8) is 0 Å². The fourth-order valence-electron chi connectivity index (χ4n) is 2.73. The van der Waals surface area contributed by atoms with Crippen LogP contribution in [0.4, 0.5) is 16.2 Å². The molecule has 1 aliphatic heterocycles. The standard InChI is InChI=1S/C17H16ClN3O2/c1-17(10-11-5-3-2-4-6-11)15(22)21(16(23)20-17)14-8-7-12(19)9-13(14)18/h2-9H,10,19H2,1H3,(H,20,23). The molecule has 23 heavy (non-hydrogen) atoms. The van der Waals surface area contributed by atoms with Crippen molar-refractivity contribution in [1.29, 1.82) is 0 Å². The molecule has 6 heteroatoms. The first kappa shape index (κ1) is 15.4. The topological polar surface area (TPSA) is 75.4 Å². The number of hydrogen-bond acceptors (Lipinski definition) is 3. The van der Waals surface area contributed by atoms with E-state index in [1.165, 1.54) is 6.07 Å². The van der Waals surface area contributed by atoms with E-state index in [1.54, 1.807) is 19.1 Å². The number of urea groups is 1. The van der Waals surface area contributed by atoms with Gasteiger partial charge in [-0.3, -0.25) is 4.79 Å². The number of hydrogen-bond donors (Lipinski definition) is 2. The van der Waals surface area contributed by atoms with Crippen molar-refractivity contribution in [3.05, 3.63) is 59.1 Å². The molecule has 1 atom stereocenters. The zero-order valence-corrected chi connectivity index (χ0v) is 13.3. The molecule has 1 fully saturated rings. The highest BCUT2D eigenvalue weighted by Gasteiger charge is 2.48. The molecule has 0 spiro atoms. The van der Waals surface area contributed by atoms with Gasteiger partial charge in [0.05, 0.1) is 10.7 Å². The Hall–Kier alpha value is -2.53. The van der Waals surface area contributed by atoms with Crippen LogP contribution >= 0.6 is 11.6 Å². The van der Waals surface area contributed by atoms with E-state index >= 15 is 0 Å². The van der Waals surface area contributed by atoms with Gasteiger partial charge in [-0.25, -0.2) is 9.69 Å². The third-order valence-corrected chi connectivity index (χ3v) is 4.18. The zero-order chi connectivity index (χ0) is 16.6. The van der Waals surface area contributed by atoms with Crippen LogP contribution in [-0.4, -0.2) is 17.5 Å². The van der Waals surface area contributed by atoms with E-state index in [-0.39, 0.29) is 10.9 Å². The number of nitrogen functional groups attached to an aromatic ring is 1. The second-order valence-electron chi connectivity index (χ2n) is 5.78. The monoisotopic (exact) mass is 329 g/mol. The number of nitrogens with one attached hydrogen (secondary N) is 1. The van der Waals surface area contributed by atoms with Gasteiger partial charge < -0.3 is 11.1 Å². The zero-order valence-electron chi connectivity index (χ0n) is 12.5. The second kappa shape index (κ2) is 5.59. The summed E-state index contributed by atoms with van der Waals surface area (Å²) in [6.45, 7) is 1.71. The Balaban J connectivity index is 1.93. The van der Waals surface area contributed by atoms with E-state index in [9.17, 15) is 9.59 Å². The molecule has 3 N–H and O–H groups in total. The molecule has 118 valence electrons. The minimum atomic E-state index is -1.01. The van der Waals surface area contributed by atoms with Gasteiger partial charge in [-0.2, -0.15) is 0 Å². The van der Waals surface area contributed by atoms with Crippen LogP contribution in [0.1, 0.15) is 12.5 Å². The molecule has 0 saturated carbocycles. The van der Waals surface area contributed by atoms with Gasteiger partial charge in [-0.15, -0.1) is 0 Å². The molecule has 1 saturated heterocycles. The van der Waals surface area contributed by atoms with E-state index < -0.39 is 11.6 Å². The Morgan fingerprint density at radius 3 is 2.52 bits per heavy atom. The highest BCUT2D eigenvalue weighted by molar-refractivity contribution is 6.36. The summed E-state index contributed by atoms with van der Waals surface area (Å²) in [5.74, 6) is -0.335. The Kier molecular flexibility index (Phi) is 3.74. The third kappa shape index (κ3) is 2.75. The normalized spacial score (nSPS) is 20.7. The van der Waals surface area contributed by atoms with Gasteiger partial charge in [-0.05, 0) is 30.7 Å². The molecule has 1 aliphatic rings. The lowest BCUT2D eigenvalue weighted by atomic mass is 9.93. The van der Waals surface area contributed by atoms with Crippen molar-refractivity contribution in [1.82, 2.24) is 5.32 Å². The predicted octanol–water partition coefficient (Wildman–Crippen LogP) is 2.98. The van der Waals surface area contributed by atoms with Crippen molar-refractivity contribution in [2.24, 2.45) is 0 Å². The first-order chi connectivity index (χ1) is 10.9. The van der Waals surface area contributed by atoms with Crippen LogP contribution in [0.3, 0.4) is 0 Å². The molecule has 0 bridgehead atoms. The van der Waals surface area contributed by atoms with Crippen LogP contribution in [0.25, 0.3) is 0 Å². The Labute approximate surface area is 139 Å². The lowest BCUT2D eigenvalue weighted by molar-refractivity contribution is -0.121. The molecule has 2 aromatic carbocycles. The molecule has 0 radical (unpaired) electrons. The van der Waals surface area contributed by atoms with E-state index in [4.69, 9.17) is 17.3 Å². The van der Waals surface area contributed by atoms with Crippen molar-refractivity contribution in [3.8, 4) is 0 Å². The summed E-state index contributed by atoms with van der Waals surface area (Å²) in [4.78, 5) is 26.2. The number of imide groups is 1. The van der Waals surface area contributed by atoms with Crippen LogP contribution in [0.5, 0.6) is 0 Å². The van der Waals surface area contributed by atoms with Crippen LogP contribution < -0.4 is 16.0 Å². The lowest BCUT2D eigenvalue weighted by Crippen LogP contribution is -2.46. The number of halogens is 1. The fraction of sp³-hybridized carbons (Fsp3) is 0.176. The van der Waals surface area contributed by atoms with Gasteiger partial charge in [-0.1, -0.05) is 41.9 Å². The predicted molar refractivity (Wildman–Crippen MR) is 90.4 cm³/mol. The third-order valence-electron chi connectivity index (χ3n) is 3.87. The number of benzene rings is 2. The van der Waals surface area contributed by atoms with Gasteiger partial charge in [0, 0.05) is 12.1 Å². The van der Waals surface area contributed by atoms with Crippen molar-refractivity contribution < 1.29 is 9.59 Å². The van der Waals surface area contributed by atoms with Crippen LogP contribution in [0.15, 0.2) is 48.5 Å². The second-order valence-corrected chi connectivity index (χ2v) is 6.18. The lowest BCUT2D eigenvalue weighted by Gasteiger charge is -2.22. The quantitative estimate of drug-likeness (QED) is 0.671. The van der Waals surface area contributed by atoms with E-state index in [0.29, 0.717) is 17.8 Å². The Bertz CT molecular complexity index is 779. The summed E-state index contributed by atoms with van der Waals surface area (Å²) in [6.07, 6.45) is 0.404. The maximum absolute atomic E-state index is 12.8. The molecule has 3 amide bonds. The van der Waals surface area contributed by atoms with Crippen LogP contribution in [0.2, 0.25) is 5.02 Å². The maximum atomic E-state index is 12.8. The minimum absolute atomic E-state index is 0.262. The summed E-state index contributed by atoms with van der Waals surface area (Å²) in [5.41, 5.74) is 6.42. The molecule has 1 heterocycles. The molecule has 1 unspecified atom stereocenters. The van der Waals surface area contributed by atoms with Crippen molar-refractivity contribution >= 4 is 34.9 Å². The van der Waals surface area contributed by atoms with Gasteiger partial charge in [0.15, 0.2) is 0 Å². The van der Waals surface area contributed by atoms with Crippen LogP contribution in [0, 0.1) is 0 Å². The molecule has 3 rings (SSSR count). The smallest absolute Gasteiger partial charge is 0.329 e. The first-order valence-electron chi connectivity index (χ1n) is 7.16. The van der Waals surface area contributed by atoms with Gasteiger partial charge >= 0.3 is 6.03 Å². The van der Waals surface area contributed by atoms with E-state index in [0.717, 1.165) is 10.5 Å². The summed E-state index contributed by atoms with van der Waals surface area (Å²) in [5, 5.41) is 3.03. The SMILES string of the molecule is CC1(Cc2ccccc2)NC(=O)N(c2ccc(N)cc2Cl)C1=O. The molecular formula is C17H16ClN3O2. The van der Waals surface area contributed by atoms with Gasteiger partial charge in [0.1, 0.15) is 5.54 Å². The molecule has 2 aromatic rings. The Morgan fingerprint density at radius 1 is 1.17 bits per heavy atom. The summed E-state index contributed by atoms with van der Waals surface area (Å²) in [6, 6.07) is 13.7. The number of nitrogens with two attached hydrogens (primary N) is 1. The number of carbonyl (C=O) groups is 2. The molecular weight excluding hydrogens is 314 g/mol. The van der Waals surface area contributed by atoms with Gasteiger partial charge in [0.2, 0.25) is 0 Å². The minimum Gasteiger partial charge on any atom is -0.399 e. The largest absolute Gasteiger partial charge is 0.399 e. The summed E-state index contributed by atoms with van der Waals surface area (Å²) >= 11 is 6.14. The number of carbonyl (C=O) groups excluding carboxylic acids is 2. The molecule has 5 nitrogen and oxygen atoms in total. The fourth-order valence-corrected chi connectivity index (χ4v) is 3.01. The van der Waals surface area contributed by atoms with Crippen molar-refractivity contribution in [2.45, 2.75) is 18.9 Å². The maximum Gasteiger partial charge on any atom is 0.329 e. The average Bonchev–Trinajstić information content (AvgIpc) is 2.71. The van der Waals surface area contributed by atoms with Crippen molar-refractivity contribution in [2.75, 3.05) is 10.6 Å². The Morgan fingerprint density at radius 2 is 1.87 bits per heavy atom. The first-order valence-corrected chi connectivity index (χ1v) is 7.54.